The normalized spacial score (nSPS) is 12.9. The van der Waals surface area contributed by atoms with Crippen molar-refractivity contribution in [3.05, 3.63) is 5.82 Å². The quantitative estimate of drug-likeness (QED) is 0.495. The molecule has 10 heavy (non-hydrogen) atoms. The zero-order chi connectivity index (χ0) is 7.56. The van der Waals surface area contributed by atoms with E-state index in [4.69, 9.17) is 5.11 Å². The summed E-state index contributed by atoms with van der Waals surface area (Å²) < 4.78 is 0. The number of aliphatic carboxylic acids is 1. The van der Waals surface area contributed by atoms with Crippen LogP contribution in [0.15, 0.2) is 0 Å². The lowest BCUT2D eigenvalue weighted by molar-refractivity contribution is -0.136. The van der Waals surface area contributed by atoms with Crippen molar-refractivity contribution in [3.8, 4) is 0 Å². The minimum atomic E-state index is -1.08. The molecule has 1 unspecified atom stereocenters. The maximum atomic E-state index is 10.2. The van der Waals surface area contributed by atoms with Crippen LogP contribution >= 0.6 is 12.6 Å². The Balaban J connectivity index is 2.77. The van der Waals surface area contributed by atoms with Crippen molar-refractivity contribution in [2.45, 2.75) is 5.25 Å². The summed E-state index contributed by atoms with van der Waals surface area (Å²) in [5.41, 5.74) is 0. The van der Waals surface area contributed by atoms with Gasteiger partial charge in [-0.05, 0) is 10.4 Å². The van der Waals surface area contributed by atoms with E-state index in [1.165, 1.54) is 0 Å². The highest BCUT2D eigenvalue weighted by molar-refractivity contribution is 7.81. The molecule has 0 bridgehead atoms. The zero-order valence-electron chi connectivity index (χ0n) is 4.72. The standard InChI is InChI=1S/C3H4N4O2S/c8-3(9)1(10)2-4-6-7-5-2/h1,10H,(H,8,9)(H,4,5,6,7). The van der Waals surface area contributed by atoms with Gasteiger partial charge in [-0.3, -0.25) is 4.79 Å². The first-order valence-corrected chi connectivity index (χ1v) is 2.88. The van der Waals surface area contributed by atoms with Gasteiger partial charge in [-0.25, -0.2) is 5.10 Å². The molecule has 0 spiro atoms. The fraction of sp³-hybridized carbons (Fsp3) is 0.333. The topological polar surface area (TPSA) is 91.8 Å². The number of rotatable bonds is 2. The number of aromatic amines is 1. The minimum Gasteiger partial charge on any atom is -0.480 e. The number of tetrazole rings is 1. The number of nitrogens with zero attached hydrogens (tertiary/aromatic N) is 3. The Labute approximate surface area is 61.0 Å². The zero-order valence-corrected chi connectivity index (χ0v) is 5.62. The first-order valence-electron chi connectivity index (χ1n) is 2.36. The summed E-state index contributed by atoms with van der Waals surface area (Å²) in [6, 6.07) is 0. The summed E-state index contributed by atoms with van der Waals surface area (Å²) in [6.45, 7) is 0. The van der Waals surface area contributed by atoms with Crippen LogP contribution in [0, 0.1) is 0 Å². The van der Waals surface area contributed by atoms with Crippen LogP contribution in [0.3, 0.4) is 0 Å². The molecule has 6 nitrogen and oxygen atoms in total. The number of thiol groups is 1. The molecular formula is C3H4N4O2S. The highest BCUT2D eigenvalue weighted by atomic mass is 32.1. The van der Waals surface area contributed by atoms with E-state index in [1.807, 2.05) is 0 Å². The lowest BCUT2D eigenvalue weighted by Crippen LogP contribution is -2.06. The molecule has 0 aliphatic rings. The molecule has 54 valence electrons. The summed E-state index contributed by atoms with van der Waals surface area (Å²) in [4.78, 5) is 10.2. The molecule has 0 amide bonds. The van der Waals surface area contributed by atoms with Crippen LogP contribution in [-0.4, -0.2) is 31.7 Å². The molecule has 7 heteroatoms. The van der Waals surface area contributed by atoms with E-state index >= 15 is 0 Å². The van der Waals surface area contributed by atoms with E-state index in [-0.39, 0.29) is 5.82 Å². The fourth-order valence-electron chi connectivity index (χ4n) is 0.399. The summed E-state index contributed by atoms with van der Waals surface area (Å²) in [6.07, 6.45) is 0. The van der Waals surface area contributed by atoms with Crippen molar-refractivity contribution in [1.82, 2.24) is 20.6 Å². The van der Waals surface area contributed by atoms with Gasteiger partial charge < -0.3 is 5.11 Å². The molecule has 2 N–H and O–H groups in total. The van der Waals surface area contributed by atoms with Crippen molar-refractivity contribution in [1.29, 1.82) is 0 Å². The molecule has 0 saturated heterocycles. The molecular weight excluding hydrogens is 156 g/mol. The van der Waals surface area contributed by atoms with Gasteiger partial charge in [-0.1, -0.05) is 0 Å². The number of nitrogens with one attached hydrogen (secondary N) is 1. The molecule has 1 atom stereocenters. The second-order valence-corrected chi connectivity index (χ2v) is 2.04. The van der Waals surface area contributed by atoms with Gasteiger partial charge in [0.15, 0.2) is 11.1 Å². The molecule has 0 aromatic carbocycles. The molecule has 0 saturated carbocycles. The Morgan fingerprint density at radius 3 is 2.90 bits per heavy atom. The molecule has 0 radical (unpaired) electrons. The Kier molecular flexibility index (Phi) is 1.86. The lowest BCUT2D eigenvalue weighted by atomic mass is 10.4. The SMILES string of the molecule is O=C(O)C(S)c1nnn[nH]1. The maximum Gasteiger partial charge on any atom is 0.324 e. The van der Waals surface area contributed by atoms with Crippen LogP contribution in [-0.2, 0) is 4.79 Å². The highest BCUT2D eigenvalue weighted by Crippen LogP contribution is 2.12. The third kappa shape index (κ3) is 1.24. The predicted molar refractivity (Wildman–Crippen MR) is 33.5 cm³/mol. The molecule has 1 rings (SSSR count). The van der Waals surface area contributed by atoms with Gasteiger partial charge >= 0.3 is 5.97 Å². The lowest BCUT2D eigenvalue weighted by Gasteiger charge is -1.95. The van der Waals surface area contributed by atoms with E-state index in [2.05, 4.69) is 33.3 Å². The Hall–Kier alpha value is -1.11. The van der Waals surface area contributed by atoms with Crippen molar-refractivity contribution < 1.29 is 9.90 Å². The van der Waals surface area contributed by atoms with Gasteiger partial charge in [0.05, 0.1) is 0 Å². The number of carbonyl (C=O) groups is 1. The number of H-pyrrole nitrogens is 1. The molecule has 0 fully saturated rings. The Bertz CT molecular complexity index is 222. The monoisotopic (exact) mass is 160 g/mol. The predicted octanol–water partition coefficient (Wildman–Crippen LogP) is -0.745. The second-order valence-electron chi connectivity index (χ2n) is 1.53. The van der Waals surface area contributed by atoms with Gasteiger partial charge in [0, 0.05) is 0 Å². The van der Waals surface area contributed by atoms with Crippen molar-refractivity contribution in [3.63, 3.8) is 0 Å². The fourth-order valence-corrected chi connectivity index (χ4v) is 0.509. The van der Waals surface area contributed by atoms with Crippen molar-refractivity contribution >= 4 is 18.6 Å². The van der Waals surface area contributed by atoms with E-state index in [0.717, 1.165) is 0 Å². The Morgan fingerprint density at radius 2 is 2.50 bits per heavy atom. The molecule has 0 aliphatic carbocycles. The average molecular weight is 160 g/mol. The largest absolute Gasteiger partial charge is 0.480 e. The maximum absolute atomic E-state index is 10.2. The number of hydrogen-bond donors (Lipinski definition) is 3. The van der Waals surface area contributed by atoms with Gasteiger partial charge in [0.1, 0.15) is 0 Å². The van der Waals surface area contributed by atoms with Crippen molar-refractivity contribution in [2.75, 3.05) is 0 Å². The number of hydrogen-bond acceptors (Lipinski definition) is 5. The van der Waals surface area contributed by atoms with Crippen LogP contribution in [0.25, 0.3) is 0 Å². The first-order chi connectivity index (χ1) is 4.72. The van der Waals surface area contributed by atoms with Gasteiger partial charge in [0.25, 0.3) is 0 Å². The van der Waals surface area contributed by atoms with Crippen molar-refractivity contribution in [2.24, 2.45) is 0 Å². The van der Waals surface area contributed by atoms with Crippen LogP contribution in [0.5, 0.6) is 0 Å². The molecule has 1 heterocycles. The minimum absolute atomic E-state index is 0.135. The Morgan fingerprint density at radius 1 is 1.80 bits per heavy atom. The molecule has 1 aromatic rings. The summed E-state index contributed by atoms with van der Waals surface area (Å²) in [7, 11) is 0. The first kappa shape index (κ1) is 7.00. The van der Waals surface area contributed by atoms with Crippen LogP contribution in [0.2, 0.25) is 0 Å². The van der Waals surface area contributed by atoms with E-state index in [9.17, 15) is 4.79 Å². The second kappa shape index (κ2) is 2.65. The summed E-state index contributed by atoms with van der Waals surface area (Å²) in [5.74, 6) is -0.947. The number of carboxylic acid groups (broad SMARTS) is 1. The van der Waals surface area contributed by atoms with Crippen LogP contribution < -0.4 is 0 Å². The summed E-state index contributed by atoms with van der Waals surface area (Å²) >= 11 is 3.71. The third-order valence-electron chi connectivity index (χ3n) is 0.855. The van der Waals surface area contributed by atoms with E-state index in [0.29, 0.717) is 0 Å². The smallest absolute Gasteiger partial charge is 0.324 e. The number of aromatic nitrogens is 4. The molecule has 1 aromatic heterocycles. The van der Waals surface area contributed by atoms with E-state index in [1.54, 1.807) is 0 Å². The van der Waals surface area contributed by atoms with Crippen LogP contribution in [0.4, 0.5) is 0 Å². The molecule has 0 aliphatic heterocycles. The van der Waals surface area contributed by atoms with Gasteiger partial charge in [-0.2, -0.15) is 12.6 Å². The van der Waals surface area contributed by atoms with Gasteiger partial charge in [0.2, 0.25) is 0 Å². The van der Waals surface area contributed by atoms with E-state index < -0.39 is 11.2 Å². The third-order valence-corrected chi connectivity index (χ3v) is 1.32. The summed E-state index contributed by atoms with van der Waals surface area (Å²) in [5, 5.41) is 19.4. The van der Waals surface area contributed by atoms with Gasteiger partial charge in [-0.15, -0.1) is 5.10 Å². The average Bonchev–Trinajstić information content (AvgIpc) is 2.36. The number of carboxylic acids is 1. The van der Waals surface area contributed by atoms with Crippen LogP contribution in [0.1, 0.15) is 11.1 Å². The highest BCUT2D eigenvalue weighted by Gasteiger charge is 2.17.